The minimum absolute atomic E-state index is 0.0114. The molecule has 4 heteroatoms. The van der Waals surface area contributed by atoms with E-state index >= 15 is 0 Å². The lowest BCUT2D eigenvalue weighted by molar-refractivity contribution is -0.122. The highest BCUT2D eigenvalue weighted by molar-refractivity contribution is 5.76. The zero-order valence-electron chi connectivity index (χ0n) is 11.1. The lowest BCUT2D eigenvalue weighted by Crippen LogP contribution is -2.38. The standard InChI is InChI=1S/C14H22N2O2/c1-11(10-17)12(2)16-14(18)8-5-7-13-6-3-4-9-15-13/h3-4,6,9,11-12,17H,5,7-8,10H2,1-2H3,(H,16,18). The zero-order chi connectivity index (χ0) is 13.4. The number of aliphatic hydroxyl groups is 1. The summed E-state index contributed by atoms with van der Waals surface area (Å²) in [5, 5.41) is 11.9. The van der Waals surface area contributed by atoms with Crippen molar-refractivity contribution in [1.29, 1.82) is 0 Å². The smallest absolute Gasteiger partial charge is 0.220 e. The Morgan fingerprint density at radius 3 is 2.83 bits per heavy atom. The number of aromatic nitrogens is 1. The second-order valence-electron chi connectivity index (χ2n) is 4.69. The van der Waals surface area contributed by atoms with Crippen molar-refractivity contribution in [2.75, 3.05) is 6.61 Å². The third-order valence-corrected chi connectivity index (χ3v) is 3.09. The Hall–Kier alpha value is -1.42. The molecule has 18 heavy (non-hydrogen) atoms. The SMILES string of the molecule is CC(CO)C(C)NC(=O)CCCc1ccccn1. The first-order chi connectivity index (χ1) is 8.63. The Morgan fingerprint density at radius 1 is 1.44 bits per heavy atom. The molecule has 0 saturated carbocycles. The van der Waals surface area contributed by atoms with E-state index in [9.17, 15) is 4.79 Å². The highest BCUT2D eigenvalue weighted by Gasteiger charge is 2.13. The maximum Gasteiger partial charge on any atom is 0.220 e. The van der Waals surface area contributed by atoms with Crippen molar-refractivity contribution in [2.45, 2.75) is 39.2 Å². The molecule has 0 bridgehead atoms. The van der Waals surface area contributed by atoms with Gasteiger partial charge in [-0.25, -0.2) is 0 Å². The van der Waals surface area contributed by atoms with Gasteiger partial charge < -0.3 is 10.4 Å². The number of rotatable bonds is 7. The molecule has 1 aromatic rings. The molecule has 2 unspecified atom stereocenters. The number of aryl methyl sites for hydroxylation is 1. The van der Waals surface area contributed by atoms with Crippen molar-refractivity contribution in [3.8, 4) is 0 Å². The van der Waals surface area contributed by atoms with Crippen LogP contribution in [0.3, 0.4) is 0 Å². The van der Waals surface area contributed by atoms with Crippen LogP contribution < -0.4 is 5.32 Å². The molecular weight excluding hydrogens is 228 g/mol. The summed E-state index contributed by atoms with van der Waals surface area (Å²) in [5.41, 5.74) is 1.02. The van der Waals surface area contributed by atoms with E-state index in [1.54, 1.807) is 6.20 Å². The molecule has 1 amide bonds. The Labute approximate surface area is 108 Å². The average molecular weight is 250 g/mol. The van der Waals surface area contributed by atoms with Crippen LogP contribution >= 0.6 is 0 Å². The normalized spacial score (nSPS) is 13.9. The van der Waals surface area contributed by atoms with Crippen molar-refractivity contribution in [3.63, 3.8) is 0 Å². The van der Waals surface area contributed by atoms with Crippen LogP contribution in [0, 0.1) is 5.92 Å². The topological polar surface area (TPSA) is 62.2 Å². The molecule has 0 radical (unpaired) electrons. The second kappa shape index (κ2) is 7.82. The number of nitrogens with zero attached hydrogens (tertiary/aromatic N) is 1. The largest absolute Gasteiger partial charge is 0.396 e. The lowest BCUT2D eigenvalue weighted by Gasteiger charge is -2.19. The van der Waals surface area contributed by atoms with Gasteiger partial charge in [0.25, 0.3) is 0 Å². The highest BCUT2D eigenvalue weighted by Crippen LogP contribution is 2.04. The van der Waals surface area contributed by atoms with E-state index in [4.69, 9.17) is 5.11 Å². The minimum Gasteiger partial charge on any atom is -0.396 e. The van der Waals surface area contributed by atoms with Crippen LogP contribution in [0.1, 0.15) is 32.4 Å². The van der Waals surface area contributed by atoms with Crippen LogP contribution in [-0.2, 0) is 11.2 Å². The Morgan fingerprint density at radius 2 is 2.22 bits per heavy atom. The number of carbonyl (C=O) groups is 1. The van der Waals surface area contributed by atoms with Crippen LogP contribution in [0.2, 0.25) is 0 Å². The Bertz CT molecular complexity index is 354. The quantitative estimate of drug-likeness (QED) is 0.771. The number of aliphatic hydroxyl groups excluding tert-OH is 1. The van der Waals surface area contributed by atoms with E-state index in [1.165, 1.54) is 0 Å². The molecule has 4 nitrogen and oxygen atoms in total. The summed E-state index contributed by atoms with van der Waals surface area (Å²) in [6.07, 6.45) is 3.88. The molecule has 1 heterocycles. The van der Waals surface area contributed by atoms with Crippen LogP contribution in [0.5, 0.6) is 0 Å². The number of hydrogen-bond donors (Lipinski definition) is 2. The van der Waals surface area contributed by atoms with Gasteiger partial charge in [-0.2, -0.15) is 0 Å². The first-order valence-electron chi connectivity index (χ1n) is 6.43. The molecule has 1 rings (SSSR count). The fourth-order valence-corrected chi connectivity index (χ4v) is 1.60. The first kappa shape index (κ1) is 14.6. The van der Waals surface area contributed by atoms with Crippen LogP contribution in [0.25, 0.3) is 0 Å². The van der Waals surface area contributed by atoms with Crippen molar-refractivity contribution in [3.05, 3.63) is 30.1 Å². The van der Waals surface area contributed by atoms with E-state index in [0.29, 0.717) is 6.42 Å². The van der Waals surface area contributed by atoms with Crippen molar-refractivity contribution in [2.24, 2.45) is 5.92 Å². The number of carbonyl (C=O) groups excluding carboxylic acids is 1. The molecule has 0 aliphatic rings. The number of pyridine rings is 1. The van der Waals surface area contributed by atoms with Gasteiger partial charge in [-0.3, -0.25) is 9.78 Å². The van der Waals surface area contributed by atoms with Gasteiger partial charge in [0.15, 0.2) is 0 Å². The first-order valence-corrected chi connectivity index (χ1v) is 6.43. The third-order valence-electron chi connectivity index (χ3n) is 3.09. The van der Waals surface area contributed by atoms with E-state index in [0.717, 1.165) is 18.5 Å². The maximum atomic E-state index is 11.7. The van der Waals surface area contributed by atoms with E-state index < -0.39 is 0 Å². The molecule has 0 aromatic carbocycles. The molecular formula is C14H22N2O2. The van der Waals surface area contributed by atoms with Crippen LogP contribution in [-0.4, -0.2) is 28.6 Å². The molecule has 0 saturated heterocycles. The summed E-state index contributed by atoms with van der Waals surface area (Å²) in [7, 11) is 0. The summed E-state index contributed by atoms with van der Waals surface area (Å²) >= 11 is 0. The summed E-state index contributed by atoms with van der Waals surface area (Å²) in [5.74, 6) is 0.128. The van der Waals surface area contributed by atoms with Crippen LogP contribution in [0.15, 0.2) is 24.4 Å². The van der Waals surface area contributed by atoms with Gasteiger partial charge in [-0.1, -0.05) is 13.0 Å². The summed E-state index contributed by atoms with van der Waals surface area (Å²) in [4.78, 5) is 15.9. The predicted octanol–water partition coefficient (Wildman–Crippen LogP) is 1.54. The summed E-state index contributed by atoms with van der Waals surface area (Å²) < 4.78 is 0. The second-order valence-corrected chi connectivity index (χ2v) is 4.69. The molecule has 2 N–H and O–H groups in total. The molecule has 100 valence electrons. The number of hydrogen-bond acceptors (Lipinski definition) is 3. The minimum atomic E-state index is 0.0114. The molecule has 1 aromatic heterocycles. The molecule has 0 fully saturated rings. The number of amides is 1. The Kier molecular flexibility index (Phi) is 6.36. The summed E-state index contributed by atoms with van der Waals surface area (Å²) in [6, 6.07) is 5.81. The monoisotopic (exact) mass is 250 g/mol. The highest BCUT2D eigenvalue weighted by atomic mass is 16.3. The maximum absolute atomic E-state index is 11.7. The fraction of sp³-hybridized carbons (Fsp3) is 0.571. The molecule has 0 spiro atoms. The van der Waals surface area contributed by atoms with Gasteiger partial charge in [-0.05, 0) is 37.8 Å². The third kappa shape index (κ3) is 5.27. The number of nitrogens with one attached hydrogen (secondary N) is 1. The van der Waals surface area contributed by atoms with Crippen molar-refractivity contribution in [1.82, 2.24) is 10.3 Å². The van der Waals surface area contributed by atoms with E-state index in [2.05, 4.69) is 10.3 Å². The van der Waals surface area contributed by atoms with E-state index in [-0.39, 0.29) is 24.5 Å². The summed E-state index contributed by atoms with van der Waals surface area (Å²) in [6.45, 7) is 3.92. The van der Waals surface area contributed by atoms with Crippen molar-refractivity contribution < 1.29 is 9.90 Å². The van der Waals surface area contributed by atoms with Gasteiger partial charge >= 0.3 is 0 Å². The molecule has 0 aliphatic heterocycles. The molecule has 0 aliphatic carbocycles. The van der Waals surface area contributed by atoms with Crippen LogP contribution in [0.4, 0.5) is 0 Å². The lowest BCUT2D eigenvalue weighted by atomic mass is 10.0. The van der Waals surface area contributed by atoms with Gasteiger partial charge in [-0.15, -0.1) is 0 Å². The van der Waals surface area contributed by atoms with E-state index in [1.807, 2.05) is 32.0 Å². The molecule has 2 atom stereocenters. The predicted molar refractivity (Wildman–Crippen MR) is 71.0 cm³/mol. The average Bonchev–Trinajstić information content (AvgIpc) is 2.38. The van der Waals surface area contributed by atoms with Crippen molar-refractivity contribution >= 4 is 5.91 Å². The fourth-order valence-electron chi connectivity index (χ4n) is 1.60. The van der Waals surface area contributed by atoms with Gasteiger partial charge in [0.2, 0.25) is 5.91 Å². The van der Waals surface area contributed by atoms with Gasteiger partial charge in [0, 0.05) is 31.0 Å². The van der Waals surface area contributed by atoms with Gasteiger partial charge in [0.05, 0.1) is 0 Å². The van der Waals surface area contributed by atoms with Gasteiger partial charge in [0.1, 0.15) is 0 Å². The zero-order valence-corrected chi connectivity index (χ0v) is 11.1. The Balaban J connectivity index is 2.21.